The number of hydrogen-bond acceptors (Lipinski definition) is 5. The average molecular weight is 254 g/mol. The molecule has 0 radical (unpaired) electrons. The molecule has 1 aromatic rings. The lowest BCUT2D eigenvalue weighted by molar-refractivity contribution is -0.0178. The summed E-state index contributed by atoms with van der Waals surface area (Å²) in [4.78, 5) is 4.39. The molecule has 1 atom stereocenters. The van der Waals surface area contributed by atoms with Crippen LogP contribution in [0, 0.1) is 5.92 Å². The second-order valence-corrected chi connectivity index (χ2v) is 5.43. The summed E-state index contributed by atoms with van der Waals surface area (Å²) in [5.41, 5.74) is -0.371. The van der Waals surface area contributed by atoms with Crippen LogP contribution in [0.15, 0.2) is 4.52 Å². The van der Waals surface area contributed by atoms with Crippen LogP contribution < -0.4 is 0 Å². The van der Waals surface area contributed by atoms with Crippen molar-refractivity contribution < 1.29 is 14.4 Å². The van der Waals surface area contributed by atoms with Crippen molar-refractivity contribution in [3.63, 3.8) is 0 Å². The van der Waals surface area contributed by atoms with Crippen LogP contribution in [0.3, 0.4) is 0 Å². The Labute approximate surface area is 108 Å². The second kappa shape index (κ2) is 5.36. The minimum atomic E-state index is -0.444. The summed E-state index contributed by atoms with van der Waals surface area (Å²) in [6.45, 7) is 3.94. The first-order valence-corrected chi connectivity index (χ1v) is 6.64. The van der Waals surface area contributed by atoms with E-state index in [1.165, 1.54) is 0 Å². The first-order valence-electron chi connectivity index (χ1n) is 6.64. The number of hydrogen-bond donors (Lipinski definition) is 1. The second-order valence-electron chi connectivity index (χ2n) is 5.43. The van der Waals surface area contributed by atoms with E-state index in [0.29, 0.717) is 18.1 Å². The summed E-state index contributed by atoms with van der Waals surface area (Å²) in [7, 11) is 1.70. The molecule has 1 N–H and O–H groups in total. The normalized spacial score (nSPS) is 20.5. The molecule has 5 nitrogen and oxygen atoms in total. The molecule has 5 heteroatoms. The van der Waals surface area contributed by atoms with Gasteiger partial charge in [-0.25, -0.2) is 0 Å². The standard InChI is InChI=1S/C13H22N2O3/c1-9(2)10(16)8-11-14-12(15-18-11)13(17-3)6-4-5-7-13/h9-10,16H,4-8H2,1-3H3. The SMILES string of the molecule is COC1(c2noc(CC(O)C(C)C)n2)CCCC1. The first-order chi connectivity index (χ1) is 8.57. The molecule has 1 unspecified atom stereocenters. The van der Waals surface area contributed by atoms with Crippen LogP contribution in [0.25, 0.3) is 0 Å². The Balaban J connectivity index is 2.10. The number of rotatable bonds is 5. The zero-order valence-corrected chi connectivity index (χ0v) is 11.3. The molecule has 1 saturated carbocycles. The lowest BCUT2D eigenvalue weighted by Gasteiger charge is -2.22. The van der Waals surface area contributed by atoms with E-state index in [1.54, 1.807) is 7.11 Å². The van der Waals surface area contributed by atoms with Gasteiger partial charge in [0, 0.05) is 7.11 Å². The van der Waals surface area contributed by atoms with Gasteiger partial charge in [0.2, 0.25) is 11.7 Å². The van der Waals surface area contributed by atoms with E-state index in [-0.39, 0.29) is 11.5 Å². The van der Waals surface area contributed by atoms with Crippen molar-refractivity contribution in [2.45, 2.75) is 57.7 Å². The van der Waals surface area contributed by atoms with E-state index in [9.17, 15) is 5.11 Å². The lowest BCUT2D eigenvalue weighted by atomic mass is 10.0. The Kier molecular flexibility index (Phi) is 4.02. The summed E-state index contributed by atoms with van der Waals surface area (Å²) >= 11 is 0. The van der Waals surface area contributed by atoms with Crippen molar-refractivity contribution >= 4 is 0 Å². The third-order valence-electron chi connectivity index (χ3n) is 3.83. The molecule has 102 valence electrons. The van der Waals surface area contributed by atoms with Crippen molar-refractivity contribution in [1.29, 1.82) is 0 Å². The van der Waals surface area contributed by atoms with Gasteiger partial charge < -0.3 is 14.4 Å². The monoisotopic (exact) mass is 254 g/mol. The van der Waals surface area contributed by atoms with Gasteiger partial charge >= 0.3 is 0 Å². The molecule has 0 spiro atoms. The predicted octanol–water partition coefficient (Wildman–Crippen LogP) is 2.04. The third kappa shape index (κ3) is 2.57. The summed E-state index contributed by atoms with van der Waals surface area (Å²) < 4.78 is 10.8. The number of aliphatic hydroxyl groups excluding tert-OH is 1. The topological polar surface area (TPSA) is 68.4 Å². The molecular formula is C13H22N2O3. The Bertz CT molecular complexity index is 383. The van der Waals surface area contributed by atoms with Gasteiger partial charge in [-0.05, 0) is 31.6 Å². The number of aliphatic hydroxyl groups is 1. The molecule has 0 saturated heterocycles. The molecule has 1 heterocycles. The van der Waals surface area contributed by atoms with Crippen molar-refractivity contribution in [2.75, 3.05) is 7.11 Å². The summed E-state index contributed by atoms with van der Waals surface area (Å²) in [5.74, 6) is 1.31. The maximum absolute atomic E-state index is 9.82. The Morgan fingerprint density at radius 2 is 2.06 bits per heavy atom. The zero-order chi connectivity index (χ0) is 13.2. The van der Waals surface area contributed by atoms with Gasteiger partial charge in [0.25, 0.3) is 0 Å². The number of methoxy groups -OCH3 is 1. The Morgan fingerprint density at radius 1 is 1.39 bits per heavy atom. The predicted molar refractivity (Wildman–Crippen MR) is 66.0 cm³/mol. The highest BCUT2D eigenvalue weighted by atomic mass is 16.5. The van der Waals surface area contributed by atoms with Crippen LogP contribution >= 0.6 is 0 Å². The molecule has 0 bridgehead atoms. The molecule has 0 amide bonds. The first kappa shape index (κ1) is 13.5. The van der Waals surface area contributed by atoms with Gasteiger partial charge in [0.15, 0.2) is 0 Å². The molecule has 1 aliphatic rings. The zero-order valence-electron chi connectivity index (χ0n) is 11.3. The molecule has 1 aliphatic carbocycles. The average Bonchev–Trinajstić information content (AvgIpc) is 2.97. The van der Waals surface area contributed by atoms with Crippen LogP contribution in [-0.4, -0.2) is 28.5 Å². The number of ether oxygens (including phenoxy) is 1. The smallest absolute Gasteiger partial charge is 0.229 e. The van der Waals surface area contributed by atoms with Crippen LogP contribution in [0.5, 0.6) is 0 Å². The summed E-state index contributed by atoms with van der Waals surface area (Å²) in [6, 6.07) is 0. The van der Waals surface area contributed by atoms with Crippen molar-refractivity contribution in [3.05, 3.63) is 11.7 Å². The Hall–Kier alpha value is -0.940. The molecule has 0 aliphatic heterocycles. The largest absolute Gasteiger partial charge is 0.392 e. The summed E-state index contributed by atoms with van der Waals surface area (Å²) in [6.07, 6.45) is 4.11. The van der Waals surface area contributed by atoms with E-state index in [0.717, 1.165) is 25.7 Å². The van der Waals surface area contributed by atoms with Crippen LogP contribution in [-0.2, 0) is 16.8 Å². The van der Waals surface area contributed by atoms with Crippen molar-refractivity contribution in [2.24, 2.45) is 5.92 Å². The molecule has 18 heavy (non-hydrogen) atoms. The van der Waals surface area contributed by atoms with Crippen LogP contribution in [0.1, 0.15) is 51.2 Å². The van der Waals surface area contributed by atoms with E-state index in [4.69, 9.17) is 9.26 Å². The molecular weight excluding hydrogens is 232 g/mol. The van der Waals surface area contributed by atoms with E-state index in [1.807, 2.05) is 13.8 Å². The molecule has 1 aromatic heterocycles. The fourth-order valence-corrected chi connectivity index (χ4v) is 2.40. The quantitative estimate of drug-likeness (QED) is 0.871. The summed E-state index contributed by atoms with van der Waals surface area (Å²) in [5, 5.41) is 13.8. The van der Waals surface area contributed by atoms with Gasteiger partial charge in [0.1, 0.15) is 5.60 Å². The lowest BCUT2D eigenvalue weighted by Crippen LogP contribution is -2.26. The highest BCUT2D eigenvalue weighted by Gasteiger charge is 2.40. The molecule has 0 aromatic carbocycles. The fourth-order valence-electron chi connectivity index (χ4n) is 2.40. The van der Waals surface area contributed by atoms with Gasteiger partial charge in [-0.1, -0.05) is 19.0 Å². The fraction of sp³-hybridized carbons (Fsp3) is 0.846. The van der Waals surface area contributed by atoms with Gasteiger partial charge in [-0.3, -0.25) is 0 Å². The molecule has 1 fully saturated rings. The van der Waals surface area contributed by atoms with Gasteiger partial charge in [-0.15, -0.1) is 0 Å². The van der Waals surface area contributed by atoms with Gasteiger partial charge in [-0.2, -0.15) is 4.98 Å². The number of aromatic nitrogens is 2. The van der Waals surface area contributed by atoms with Crippen LogP contribution in [0.2, 0.25) is 0 Å². The minimum Gasteiger partial charge on any atom is -0.392 e. The highest BCUT2D eigenvalue weighted by molar-refractivity contribution is 5.04. The maximum atomic E-state index is 9.82. The number of nitrogens with zero attached hydrogens (tertiary/aromatic N) is 2. The maximum Gasteiger partial charge on any atom is 0.229 e. The van der Waals surface area contributed by atoms with E-state index >= 15 is 0 Å². The van der Waals surface area contributed by atoms with Crippen molar-refractivity contribution in [1.82, 2.24) is 10.1 Å². The van der Waals surface area contributed by atoms with Gasteiger partial charge in [0.05, 0.1) is 12.5 Å². The molecule has 2 rings (SSSR count). The van der Waals surface area contributed by atoms with E-state index < -0.39 is 6.10 Å². The van der Waals surface area contributed by atoms with Crippen LogP contribution in [0.4, 0.5) is 0 Å². The minimum absolute atomic E-state index is 0.184. The Morgan fingerprint density at radius 3 is 2.61 bits per heavy atom. The highest BCUT2D eigenvalue weighted by Crippen LogP contribution is 2.40. The van der Waals surface area contributed by atoms with E-state index in [2.05, 4.69) is 10.1 Å². The van der Waals surface area contributed by atoms with Crippen molar-refractivity contribution in [3.8, 4) is 0 Å². The third-order valence-corrected chi connectivity index (χ3v) is 3.83.